The number of benzene rings is 1. The zero-order valence-corrected chi connectivity index (χ0v) is 9.73. The van der Waals surface area contributed by atoms with Crippen molar-refractivity contribution in [2.75, 3.05) is 0 Å². The van der Waals surface area contributed by atoms with Gasteiger partial charge in [-0.2, -0.15) is 4.99 Å². The molecular weight excluding hydrogens is 202 g/mol. The molecule has 84 valence electrons. The molecule has 1 heterocycles. The first-order valence-corrected chi connectivity index (χ1v) is 5.33. The molecule has 1 aromatic carbocycles. The Bertz CT molecular complexity index is 429. The summed E-state index contributed by atoms with van der Waals surface area (Å²) in [5, 5.41) is 0. The van der Waals surface area contributed by atoms with Crippen LogP contribution >= 0.6 is 0 Å². The summed E-state index contributed by atoms with van der Waals surface area (Å²) in [4.78, 5) is 15.2. The molecule has 1 unspecified atom stereocenters. The second-order valence-corrected chi connectivity index (χ2v) is 4.99. The second kappa shape index (κ2) is 3.74. The summed E-state index contributed by atoms with van der Waals surface area (Å²) in [6, 6.07) is 9.69. The molecule has 0 saturated heterocycles. The normalized spacial score (nSPS) is 20.6. The van der Waals surface area contributed by atoms with E-state index in [0.717, 1.165) is 11.3 Å². The lowest BCUT2D eigenvalue weighted by atomic mass is 9.84. The van der Waals surface area contributed by atoms with Crippen molar-refractivity contribution in [3.05, 3.63) is 35.9 Å². The summed E-state index contributed by atoms with van der Waals surface area (Å²) < 4.78 is 5.25. The molecule has 1 atom stereocenters. The molecule has 3 heteroatoms. The topological polar surface area (TPSA) is 38.7 Å². The average molecular weight is 217 g/mol. The van der Waals surface area contributed by atoms with E-state index in [9.17, 15) is 4.79 Å². The number of amides is 1. The van der Waals surface area contributed by atoms with Crippen LogP contribution in [0.2, 0.25) is 0 Å². The van der Waals surface area contributed by atoms with Crippen molar-refractivity contribution in [3.8, 4) is 0 Å². The highest BCUT2D eigenvalue weighted by Crippen LogP contribution is 2.29. The number of carbonyl (C=O) groups is 1. The molecule has 0 bridgehead atoms. The number of hydrogen-bond acceptors (Lipinski definition) is 2. The fourth-order valence-electron chi connectivity index (χ4n) is 1.75. The Kier molecular flexibility index (Phi) is 2.54. The van der Waals surface area contributed by atoms with Crippen molar-refractivity contribution in [3.63, 3.8) is 0 Å². The van der Waals surface area contributed by atoms with Crippen LogP contribution in [0.1, 0.15) is 26.3 Å². The lowest BCUT2D eigenvalue weighted by Crippen LogP contribution is -2.34. The molecule has 0 saturated carbocycles. The van der Waals surface area contributed by atoms with Crippen molar-refractivity contribution in [1.29, 1.82) is 0 Å². The van der Waals surface area contributed by atoms with E-state index in [2.05, 4.69) is 4.99 Å². The van der Waals surface area contributed by atoms with Crippen LogP contribution in [-0.4, -0.2) is 17.9 Å². The number of aliphatic imine (C=N–C) groups is 1. The van der Waals surface area contributed by atoms with Gasteiger partial charge in [-0.25, -0.2) is 4.79 Å². The van der Waals surface area contributed by atoms with Gasteiger partial charge in [0.25, 0.3) is 0 Å². The molecule has 2 rings (SSSR count). The molecule has 0 fully saturated rings. The molecule has 16 heavy (non-hydrogen) atoms. The van der Waals surface area contributed by atoms with E-state index < -0.39 is 6.09 Å². The summed E-state index contributed by atoms with van der Waals surface area (Å²) in [6.07, 6.45) is -0.749. The van der Waals surface area contributed by atoms with E-state index in [1.165, 1.54) is 0 Å². The minimum absolute atomic E-state index is 0.138. The van der Waals surface area contributed by atoms with Gasteiger partial charge in [-0.15, -0.1) is 0 Å². The largest absolute Gasteiger partial charge is 0.437 e. The average Bonchev–Trinajstić information content (AvgIpc) is 2.61. The van der Waals surface area contributed by atoms with Crippen LogP contribution in [0.4, 0.5) is 4.79 Å². The van der Waals surface area contributed by atoms with Crippen molar-refractivity contribution in [1.82, 2.24) is 0 Å². The third-order valence-corrected chi connectivity index (χ3v) is 2.53. The number of hydrogen-bond donors (Lipinski definition) is 0. The van der Waals surface area contributed by atoms with Gasteiger partial charge in [0.15, 0.2) is 6.10 Å². The molecule has 1 amide bonds. The van der Waals surface area contributed by atoms with Gasteiger partial charge in [-0.05, 0) is 0 Å². The maximum atomic E-state index is 11.3. The van der Waals surface area contributed by atoms with Crippen molar-refractivity contribution < 1.29 is 9.53 Å². The van der Waals surface area contributed by atoms with Crippen LogP contribution in [-0.2, 0) is 4.74 Å². The Morgan fingerprint density at radius 3 is 2.38 bits per heavy atom. The third-order valence-electron chi connectivity index (χ3n) is 2.53. The van der Waals surface area contributed by atoms with Crippen LogP contribution in [0, 0.1) is 5.41 Å². The molecule has 0 aliphatic carbocycles. The molecule has 1 aliphatic rings. The van der Waals surface area contributed by atoms with Gasteiger partial charge in [0.2, 0.25) is 0 Å². The first-order valence-electron chi connectivity index (χ1n) is 5.33. The Labute approximate surface area is 95.2 Å². The van der Waals surface area contributed by atoms with Gasteiger partial charge >= 0.3 is 6.09 Å². The maximum Gasteiger partial charge on any atom is 0.434 e. The first kappa shape index (κ1) is 10.9. The van der Waals surface area contributed by atoms with Crippen molar-refractivity contribution in [2.45, 2.75) is 26.9 Å². The third kappa shape index (κ3) is 1.98. The van der Waals surface area contributed by atoms with Gasteiger partial charge in [-0.1, -0.05) is 51.1 Å². The molecule has 0 spiro atoms. The fraction of sp³-hybridized carbons (Fsp3) is 0.385. The van der Waals surface area contributed by atoms with E-state index in [0.29, 0.717) is 0 Å². The number of carbonyl (C=O) groups excluding carboxylic acids is 1. The monoisotopic (exact) mass is 217 g/mol. The molecule has 0 radical (unpaired) electrons. The Morgan fingerprint density at radius 2 is 1.81 bits per heavy atom. The summed E-state index contributed by atoms with van der Waals surface area (Å²) in [5.41, 5.74) is 1.55. The lowest BCUT2D eigenvalue weighted by Gasteiger charge is -2.26. The number of nitrogens with zero attached hydrogens (tertiary/aromatic N) is 1. The summed E-state index contributed by atoms with van der Waals surface area (Å²) in [6.45, 7) is 6.11. The maximum absolute atomic E-state index is 11.3. The molecule has 1 aliphatic heterocycles. The van der Waals surface area contributed by atoms with Crippen molar-refractivity contribution in [2.24, 2.45) is 10.4 Å². The van der Waals surface area contributed by atoms with Gasteiger partial charge in [0, 0.05) is 11.0 Å². The molecular formula is C13H15NO2. The van der Waals surface area contributed by atoms with E-state index in [-0.39, 0.29) is 11.5 Å². The highest BCUT2D eigenvalue weighted by molar-refractivity contribution is 6.11. The van der Waals surface area contributed by atoms with Crippen LogP contribution in [0.15, 0.2) is 35.3 Å². The minimum atomic E-state index is -0.487. The van der Waals surface area contributed by atoms with Crippen LogP contribution < -0.4 is 0 Å². The van der Waals surface area contributed by atoms with Gasteiger partial charge < -0.3 is 4.74 Å². The summed E-state index contributed by atoms with van der Waals surface area (Å²) >= 11 is 0. The van der Waals surface area contributed by atoms with E-state index >= 15 is 0 Å². The number of cyclic esters (lactones) is 1. The SMILES string of the molecule is CC(C)(C)C1OC(=O)N=C1c1ccccc1. The molecule has 1 aromatic rings. The van der Waals surface area contributed by atoms with E-state index in [1.807, 2.05) is 51.1 Å². The highest BCUT2D eigenvalue weighted by Gasteiger charge is 2.38. The minimum Gasteiger partial charge on any atom is -0.437 e. The van der Waals surface area contributed by atoms with Gasteiger partial charge in [-0.3, -0.25) is 0 Å². The fourth-order valence-corrected chi connectivity index (χ4v) is 1.75. The Morgan fingerprint density at radius 1 is 1.19 bits per heavy atom. The predicted octanol–water partition coefficient (Wildman–Crippen LogP) is 3.04. The van der Waals surface area contributed by atoms with Crippen LogP contribution in [0.25, 0.3) is 0 Å². The quantitative estimate of drug-likeness (QED) is 0.725. The van der Waals surface area contributed by atoms with Gasteiger partial charge in [0.05, 0.1) is 5.71 Å². The summed E-state index contributed by atoms with van der Waals surface area (Å²) in [7, 11) is 0. The van der Waals surface area contributed by atoms with E-state index in [1.54, 1.807) is 0 Å². The van der Waals surface area contributed by atoms with Gasteiger partial charge in [0.1, 0.15) is 0 Å². The predicted molar refractivity (Wildman–Crippen MR) is 62.7 cm³/mol. The molecule has 0 N–H and O–H groups in total. The Balaban J connectivity index is 2.39. The second-order valence-electron chi connectivity index (χ2n) is 4.99. The standard InChI is InChI=1S/C13H15NO2/c1-13(2,3)11-10(14-12(15)16-11)9-7-5-4-6-8-9/h4-8,11H,1-3H3. The summed E-state index contributed by atoms with van der Waals surface area (Å²) in [5.74, 6) is 0. The van der Waals surface area contributed by atoms with Crippen LogP contribution in [0.5, 0.6) is 0 Å². The number of rotatable bonds is 1. The molecule has 3 nitrogen and oxygen atoms in total. The zero-order chi connectivity index (χ0) is 11.8. The smallest absolute Gasteiger partial charge is 0.434 e. The number of ether oxygens (including phenoxy) is 1. The van der Waals surface area contributed by atoms with E-state index in [4.69, 9.17) is 4.74 Å². The van der Waals surface area contributed by atoms with Crippen molar-refractivity contribution >= 4 is 11.8 Å². The van der Waals surface area contributed by atoms with Crippen LogP contribution in [0.3, 0.4) is 0 Å². The highest BCUT2D eigenvalue weighted by atomic mass is 16.6. The Hall–Kier alpha value is -1.64. The molecule has 0 aromatic heterocycles. The lowest BCUT2D eigenvalue weighted by molar-refractivity contribution is 0.0922. The zero-order valence-electron chi connectivity index (χ0n) is 9.73. The first-order chi connectivity index (χ1) is 7.48.